The molecule has 0 saturated heterocycles. The molecule has 1 aromatic rings. The lowest BCUT2D eigenvalue weighted by Gasteiger charge is -1.82. The molecule has 0 atom stereocenters. The van der Waals surface area contributed by atoms with E-state index in [1.807, 2.05) is 13.0 Å². The zero-order valence-electron chi connectivity index (χ0n) is 5.22. The summed E-state index contributed by atoms with van der Waals surface area (Å²) in [6, 6.07) is 1.83. The number of furan rings is 1. The Kier molecular flexibility index (Phi) is 1.55. The Labute approximate surface area is 53.9 Å². The lowest BCUT2D eigenvalue weighted by Crippen LogP contribution is -1.75. The smallest absolute Gasteiger partial charge is 0.243 e. The first-order valence-electron chi connectivity index (χ1n) is 2.71. The van der Waals surface area contributed by atoms with Gasteiger partial charge in [-0.1, -0.05) is 0 Å². The van der Waals surface area contributed by atoms with Gasteiger partial charge in [-0.2, -0.15) is 0 Å². The SMILES string of the molecule is [C-]#[N+]Cc1ccoc1C. The molecule has 0 aliphatic carbocycles. The van der Waals surface area contributed by atoms with Gasteiger partial charge in [0.2, 0.25) is 6.54 Å². The van der Waals surface area contributed by atoms with Crippen molar-refractivity contribution in [1.29, 1.82) is 0 Å². The molecule has 46 valence electrons. The van der Waals surface area contributed by atoms with E-state index >= 15 is 0 Å². The summed E-state index contributed by atoms with van der Waals surface area (Å²) in [5.41, 5.74) is 0.991. The molecule has 1 rings (SSSR count). The van der Waals surface area contributed by atoms with Crippen molar-refractivity contribution in [3.8, 4) is 0 Å². The summed E-state index contributed by atoms with van der Waals surface area (Å²) in [6.45, 7) is 8.85. The average molecular weight is 121 g/mol. The van der Waals surface area contributed by atoms with Gasteiger partial charge in [0, 0.05) is 0 Å². The molecular weight excluding hydrogens is 114 g/mol. The molecule has 0 N–H and O–H groups in total. The molecule has 0 aliphatic heterocycles. The monoisotopic (exact) mass is 121 g/mol. The van der Waals surface area contributed by atoms with Crippen LogP contribution in [0.5, 0.6) is 0 Å². The summed E-state index contributed by atoms with van der Waals surface area (Å²) in [6.07, 6.45) is 1.61. The highest BCUT2D eigenvalue weighted by Gasteiger charge is 2.00. The van der Waals surface area contributed by atoms with E-state index in [4.69, 9.17) is 11.0 Å². The van der Waals surface area contributed by atoms with Gasteiger partial charge in [-0.3, -0.25) is 0 Å². The zero-order valence-corrected chi connectivity index (χ0v) is 5.22. The first kappa shape index (κ1) is 5.90. The Bertz CT molecular complexity index is 231. The Morgan fingerprint density at radius 1 is 1.78 bits per heavy atom. The first-order valence-corrected chi connectivity index (χ1v) is 2.71. The highest BCUT2D eigenvalue weighted by atomic mass is 16.3. The van der Waals surface area contributed by atoms with E-state index in [1.165, 1.54) is 0 Å². The van der Waals surface area contributed by atoms with Crippen molar-refractivity contribution < 1.29 is 4.42 Å². The standard InChI is InChI=1S/C7H7NO/c1-6-7(5-8-2)3-4-9-6/h3-4H,5H2,1H3. The Hall–Kier alpha value is -1.23. The van der Waals surface area contributed by atoms with Crippen LogP contribution in [0.3, 0.4) is 0 Å². The van der Waals surface area contributed by atoms with Crippen molar-refractivity contribution in [1.82, 2.24) is 0 Å². The van der Waals surface area contributed by atoms with Crippen LogP contribution in [-0.4, -0.2) is 0 Å². The van der Waals surface area contributed by atoms with Crippen LogP contribution in [0.25, 0.3) is 4.85 Å². The predicted molar refractivity (Wildman–Crippen MR) is 33.8 cm³/mol. The molecule has 1 aromatic heterocycles. The minimum Gasteiger partial charge on any atom is -0.469 e. The molecule has 0 aromatic carbocycles. The van der Waals surface area contributed by atoms with Gasteiger partial charge in [0.1, 0.15) is 5.76 Å². The summed E-state index contributed by atoms with van der Waals surface area (Å²) < 4.78 is 4.97. The van der Waals surface area contributed by atoms with Crippen LogP contribution in [-0.2, 0) is 6.54 Å². The van der Waals surface area contributed by atoms with Crippen LogP contribution in [0, 0.1) is 13.5 Å². The molecule has 0 fully saturated rings. The molecular formula is C7H7NO. The fourth-order valence-electron chi connectivity index (χ4n) is 0.660. The van der Waals surface area contributed by atoms with Crippen LogP contribution in [0.2, 0.25) is 0 Å². The van der Waals surface area contributed by atoms with Gasteiger partial charge in [0.15, 0.2) is 0 Å². The first-order chi connectivity index (χ1) is 4.34. The van der Waals surface area contributed by atoms with Gasteiger partial charge in [0.25, 0.3) is 0 Å². The number of rotatable bonds is 1. The van der Waals surface area contributed by atoms with E-state index in [9.17, 15) is 0 Å². The molecule has 2 nitrogen and oxygen atoms in total. The number of aryl methyl sites for hydroxylation is 1. The fraction of sp³-hybridized carbons (Fsp3) is 0.286. The third-order valence-electron chi connectivity index (χ3n) is 1.22. The Morgan fingerprint density at radius 2 is 2.56 bits per heavy atom. The summed E-state index contributed by atoms with van der Waals surface area (Å²) in [7, 11) is 0. The highest BCUT2D eigenvalue weighted by molar-refractivity contribution is 5.16. The second kappa shape index (κ2) is 2.36. The molecule has 0 saturated carbocycles. The summed E-state index contributed by atoms with van der Waals surface area (Å²) in [5.74, 6) is 0.853. The third-order valence-corrected chi connectivity index (χ3v) is 1.22. The minimum absolute atomic E-state index is 0.433. The van der Waals surface area contributed by atoms with E-state index in [2.05, 4.69) is 4.85 Å². The molecule has 2 heteroatoms. The maximum atomic E-state index is 6.56. The summed E-state index contributed by atoms with van der Waals surface area (Å²) in [4.78, 5) is 3.23. The maximum absolute atomic E-state index is 6.56. The molecule has 0 bridgehead atoms. The molecule has 0 aliphatic rings. The zero-order chi connectivity index (χ0) is 6.69. The summed E-state index contributed by atoms with van der Waals surface area (Å²) >= 11 is 0. The van der Waals surface area contributed by atoms with Crippen molar-refractivity contribution in [3.05, 3.63) is 35.1 Å². The van der Waals surface area contributed by atoms with E-state index in [0.717, 1.165) is 11.3 Å². The van der Waals surface area contributed by atoms with Gasteiger partial charge in [-0.05, 0) is 13.0 Å². The quantitative estimate of drug-likeness (QED) is 0.519. The molecule has 0 spiro atoms. The van der Waals surface area contributed by atoms with Crippen LogP contribution in [0.4, 0.5) is 0 Å². The highest BCUT2D eigenvalue weighted by Crippen LogP contribution is 2.08. The van der Waals surface area contributed by atoms with Crippen LogP contribution in [0.1, 0.15) is 11.3 Å². The van der Waals surface area contributed by atoms with Crippen molar-refractivity contribution >= 4 is 0 Å². The molecule has 9 heavy (non-hydrogen) atoms. The minimum atomic E-state index is 0.433. The van der Waals surface area contributed by atoms with Gasteiger partial charge in [-0.25, -0.2) is 6.57 Å². The van der Waals surface area contributed by atoms with E-state index in [1.54, 1.807) is 6.26 Å². The molecule has 1 heterocycles. The Morgan fingerprint density at radius 3 is 3.00 bits per heavy atom. The van der Waals surface area contributed by atoms with Gasteiger partial charge < -0.3 is 9.26 Å². The second-order valence-corrected chi connectivity index (χ2v) is 1.82. The second-order valence-electron chi connectivity index (χ2n) is 1.82. The number of nitrogens with zero attached hydrogens (tertiary/aromatic N) is 1. The topological polar surface area (TPSA) is 17.5 Å². The van der Waals surface area contributed by atoms with E-state index in [0.29, 0.717) is 6.54 Å². The summed E-state index contributed by atoms with van der Waals surface area (Å²) in [5, 5.41) is 0. The third kappa shape index (κ3) is 1.11. The van der Waals surface area contributed by atoms with Crippen molar-refractivity contribution in [2.45, 2.75) is 13.5 Å². The number of hydrogen-bond donors (Lipinski definition) is 0. The predicted octanol–water partition coefficient (Wildman–Crippen LogP) is 2.01. The molecule has 0 amide bonds. The molecule has 0 radical (unpaired) electrons. The van der Waals surface area contributed by atoms with Crippen molar-refractivity contribution in [2.24, 2.45) is 0 Å². The van der Waals surface area contributed by atoms with Gasteiger partial charge in [-0.15, -0.1) is 0 Å². The van der Waals surface area contributed by atoms with Crippen LogP contribution in [0.15, 0.2) is 16.7 Å². The maximum Gasteiger partial charge on any atom is 0.243 e. The lowest BCUT2D eigenvalue weighted by molar-refractivity contribution is 0.531. The largest absolute Gasteiger partial charge is 0.469 e. The van der Waals surface area contributed by atoms with E-state index < -0.39 is 0 Å². The normalized spacial score (nSPS) is 8.89. The van der Waals surface area contributed by atoms with Gasteiger partial charge >= 0.3 is 0 Å². The van der Waals surface area contributed by atoms with E-state index in [-0.39, 0.29) is 0 Å². The Balaban J connectivity index is 2.84. The lowest BCUT2D eigenvalue weighted by atomic mass is 10.3. The average Bonchev–Trinajstić information content (AvgIpc) is 2.18. The van der Waals surface area contributed by atoms with Crippen molar-refractivity contribution in [3.63, 3.8) is 0 Å². The van der Waals surface area contributed by atoms with Gasteiger partial charge in [0.05, 0.1) is 11.8 Å². The number of hydrogen-bond acceptors (Lipinski definition) is 1. The molecule has 0 unspecified atom stereocenters. The van der Waals surface area contributed by atoms with Crippen molar-refractivity contribution in [2.75, 3.05) is 0 Å². The van der Waals surface area contributed by atoms with Crippen LogP contribution < -0.4 is 0 Å². The fourth-order valence-corrected chi connectivity index (χ4v) is 0.660. The van der Waals surface area contributed by atoms with Crippen LogP contribution >= 0.6 is 0 Å².